The molecule has 0 N–H and O–H groups in total. The van der Waals surface area contributed by atoms with Crippen LogP contribution in [0.5, 0.6) is 5.75 Å². The highest BCUT2D eigenvalue weighted by molar-refractivity contribution is 7.97. The predicted octanol–water partition coefficient (Wildman–Crippen LogP) is 3.53. The minimum atomic E-state index is 0.104. The second-order valence-electron chi connectivity index (χ2n) is 10.4. The molecule has 1 heterocycles. The minimum absolute atomic E-state index is 0.104. The number of aryl methyl sites for hydroxylation is 2. The normalized spacial score (nSPS) is 21.9. The molecule has 1 amide bonds. The first-order valence-corrected chi connectivity index (χ1v) is 13.8. The Hall–Kier alpha value is -1.32. The molecule has 8 heteroatoms. The summed E-state index contributed by atoms with van der Waals surface area (Å²) in [6, 6.07) is 4.47. The third-order valence-corrected chi connectivity index (χ3v) is 8.82. The molecule has 2 fully saturated rings. The van der Waals surface area contributed by atoms with Crippen LogP contribution in [0.2, 0.25) is 0 Å². The molecule has 0 aromatic heterocycles. The van der Waals surface area contributed by atoms with E-state index in [1.54, 1.807) is 19.1 Å². The molecule has 0 bridgehead atoms. The predicted molar refractivity (Wildman–Crippen MR) is 144 cm³/mol. The van der Waals surface area contributed by atoms with Crippen LogP contribution in [-0.2, 0) is 9.53 Å². The lowest BCUT2D eigenvalue weighted by atomic mass is 9.84. The van der Waals surface area contributed by atoms with Gasteiger partial charge in [-0.25, -0.2) is 4.31 Å². The number of methoxy groups -OCH3 is 1. The molecule has 0 radical (unpaired) electrons. The van der Waals surface area contributed by atoms with Crippen LogP contribution in [0.1, 0.15) is 36.8 Å². The number of rotatable bonds is 11. The van der Waals surface area contributed by atoms with Crippen molar-refractivity contribution in [3.05, 3.63) is 23.3 Å². The Morgan fingerprint density at radius 3 is 2.46 bits per heavy atom. The smallest absolute Gasteiger partial charge is 0.248 e. The van der Waals surface area contributed by atoms with Crippen LogP contribution in [0.15, 0.2) is 17.0 Å². The molecule has 7 nitrogen and oxygen atoms in total. The molecule has 2 atom stereocenters. The number of piperazine rings is 1. The number of carbonyl (C=O) groups excluding carboxylic acids is 1. The Morgan fingerprint density at radius 1 is 1.11 bits per heavy atom. The van der Waals surface area contributed by atoms with Gasteiger partial charge in [0.1, 0.15) is 12.4 Å². The maximum atomic E-state index is 12.8. The number of ether oxygens (including phenoxy) is 2. The molecular weight excluding hydrogens is 460 g/mol. The average Bonchev–Trinajstić information content (AvgIpc) is 2.85. The Balaban J connectivity index is 1.36. The van der Waals surface area contributed by atoms with Crippen LogP contribution in [-0.4, -0.2) is 112 Å². The Labute approximate surface area is 217 Å². The molecule has 1 aromatic carbocycles. The topological polar surface area (TPSA) is 48.5 Å². The number of hydrogen-bond acceptors (Lipinski definition) is 7. The number of benzene rings is 1. The molecule has 2 aliphatic rings. The lowest BCUT2D eigenvalue weighted by Gasteiger charge is -2.39. The number of hydrogen-bond donors (Lipinski definition) is 0. The van der Waals surface area contributed by atoms with Crippen LogP contribution in [0.4, 0.5) is 0 Å². The van der Waals surface area contributed by atoms with E-state index in [4.69, 9.17) is 9.47 Å². The molecule has 1 aromatic rings. The van der Waals surface area contributed by atoms with Gasteiger partial charge in [-0.2, -0.15) is 0 Å². The van der Waals surface area contributed by atoms with Gasteiger partial charge in [-0.1, -0.05) is 6.42 Å². The molecule has 3 rings (SSSR count). The maximum absolute atomic E-state index is 12.8. The van der Waals surface area contributed by atoms with Crippen LogP contribution in [0.25, 0.3) is 0 Å². The number of carbonyl (C=O) groups is 1. The zero-order valence-corrected chi connectivity index (χ0v) is 23.5. The van der Waals surface area contributed by atoms with E-state index >= 15 is 0 Å². The molecule has 1 unspecified atom stereocenters. The van der Waals surface area contributed by atoms with Gasteiger partial charge < -0.3 is 24.2 Å². The molecule has 1 saturated heterocycles. The van der Waals surface area contributed by atoms with Crippen LogP contribution < -0.4 is 4.74 Å². The Kier molecular flexibility index (Phi) is 11.2. The third kappa shape index (κ3) is 8.64. The van der Waals surface area contributed by atoms with Gasteiger partial charge in [0.05, 0.1) is 13.7 Å². The van der Waals surface area contributed by atoms with Crippen molar-refractivity contribution in [1.29, 1.82) is 0 Å². The summed E-state index contributed by atoms with van der Waals surface area (Å²) in [5.41, 5.74) is 2.41. The summed E-state index contributed by atoms with van der Waals surface area (Å²) < 4.78 is 13.3. The van der Waals surface area contributed by atoms with E-state index in [2.05, 4.69) is 54.2 Å². The second kappa shape index (κ2) is 13.8. The van der Waals surface area contributed by atoms with Gasteiger partial charge in [-0.05, 0) is 88.3 Å². The van der Waals surface area contributed by atoms with Gasteiger partial charge in [0.25, 0.3) is 0 Å². The van der Waals surface area contributed by atoms with Crippen molar-refractivity contribution in [3.63, 3.8) is 0 Å². The highest BCUT2D eigenvalue weighted by Gasteiger charge is 2.29. The van der Waals surface area contributed by atoms with Crippen molar-refractivity contribution >= 4 is 17.9 Å². The van der Waals surface area contributed by atoms with Crippen molar-refractivity contribution in [2.45, 2.75) is 50.5 Å². The summed E-state index contributed by atoms with van der Waals surface area (Å²) >= 11 is 1.71. The van der Waals surface area contributed by atoms with Crippen LogP contribution in [0.3, 0.4) is 0 Å². The van der Waals surface area contributed by atoms with Crippen molar-refractivity contribution in [2.75, 3.05) is 80.7 Å². The molecule has 0 spiro atoms. The Bertz CT molecular complexity index is 793. The van der Waals surface area contributed by atoms with E-state index in [0.29, 0.717) is 18.6 Å². The summed E-state index contributed by atoms with van der Waals surface area (Å²) in [5, 5.41) is 0. The van der Waals surface area contributed by atoms with Gasteiger partial charge in [0.15, 0.2) is 0 Å². The van der Waals surface area contributed by atoms with E-state index in [-0.39, 0.29) is 12.5 Å². The first kappa shape index (κ1) is 28.3. The molecule has 1 aliphatic heterocycles. The fourth-order valence-electron chi connectivity index (χ4n) is 5.21. The molecule has 35 heavy (non-hydrogen) atoms. The zero-order valence-electron chi connectivity index (χ0n) is 22.7. The maximum Gasteiger partial charge on any atom is 0.248 e. The van der Waals surface area contributed by atoms with Crippen LogP contribution in [0, 0.1) is 19.8 Å². The van der Waals surface area contributed by atoms with Crippen molar-refractivity contribution in [3.8, 4) is 5.75 Å². The standard InChI is InChI=1S/C27H46N4O3S/c1-21-16-25(33-6)17-22(2)27(21)35-29(4)14-15-34-20-26(32)30(5)24-9-7-8-23(18-24)19-31-12-10-28(3)11-13-31/h16-17,23-24H,7-15,18-20H2,1-6H3/t23?,24-/m1/s1. The molecular formula is C27H46N4O3S. The minimum Gasteiger partial charge on any atom is -0.497 e. The zero-order chi connectivity index (χ0) is 25.4. The summed E-state index contributed by atoms with van der Waals surface area (Å²) in [5.74, 6) is 1.69. The summed E-state index contributed by atoms with van der Waals surface area (Å²) in [4.78, 5) is 21.0. The van der Waals surface area contributed by atoms with E-state index in [9.17, 15) is 4.79 Å². The van der Waals surface area contributed by atoms with E-state index in [0.717, 1.165) is 25.1 Å². The lowest BCUT2D eigenvalue weighted by Crippen LogP contribution is -2.48. The molecule has 1 saturated carbocycles. The fourth-order valence-corrected chi connectivity index (χ4v) is 6.09. The number of likely N-dealkylation sites (N-methyl/N-ethyl adjacent to an activating group) is 3. The molecule has 1 aliphatic carbocycles. The SMILES string of the molecule is COc1cc(C)c(SN(C)CCOCC(=O)N(C)[C@@H]2CCCC(CN3CCN(C)CC3)C2)c(C)c1. The van der Waals surface area contributed by atoms with Gasteiger partial charge in [-0.15, -0.1) is 0 Å². The largest absolute Gasteiger partial charge is 0.497 e. The van der Waals surface area contributed by atoms with E-state index in [1.165, 1.54) is 61.6 Å². The molecule has 198 valence electrons. The fraction of sp³-hybridized carbons (Fsp3) is 0.741. The van der Waals surface area contributed by atoms with Crippen molar-refractivity contribution in [2.24, 2.45) is 5.92 Å². The van der Waals surface area contributed by atoms with Crippen molar-refractivity contribution < 1.29 is 14.3 Å². The summed E-state index contributed by atoms with van der Waals surface area (Å²) in [6.45, 7) is 11.5. The number of amides is 1. The summed E-state index contributed by atoms with van der Waals surface area (Å²) in [7, 11) is 7.93. The average molecular weight is 507 g/mol. The van der Waals surface area contributed by atoms with Gasteiger partial charge in [0, 0.05) is 57.3 Å². The van der Waals surface area contributed by atoms with E-state index in [1.807, 2.05) is 11.9 Å². The van der Waals surface area contributed by atoms with Crippen molar-refractivity contribution in [1.82, 2.24) is 19.0 Å². The highest BCUT2D eigenvalue weighted by atomic mass is 32.2. The quantitative estimate of drug-likeness (QED) is 0.336. The third-order valence-electron chi connectivity index (χ3n) is 7.50. The monoisotopic (exact) mass is 506 g/mol. The first-order chi connectivity index (χ1) is 16.8. The summed E-state index contributed by atoms with van der Waals surface area (Å²) in [6.07, 6.45) is 4.74. The van der Waals surface area contributed by atoms with Crippen LogP contribution >= 0.6 is 11.9 Å². The first-order valence-electron chi connectivity index (χ1n) is 13.1. The highest BCUT2D eigenvalue weighted by Crippen LogP contribution is 2.32. The number of nitrogens with zero attached hydrogens (tertiary/aromatic N) is 4. The van der Waals surface area contributed by atoms with Gasteiger partial charge >= 0.3 is 0 Å². The van der Waals surface area contributed by atoms with Gasteiger partial charge in [0.2, 0.25) is 5.91 Å². The second-order valence-corrected chi connectivity index (χ2v) is 11.6. The lowest BCUT2D eigenvalue weighted by molar-refractivity contribution is -0.137. The van der Waals surface area contributed by atoms with E-state index < -0.39 is 0 Å². The Morgan fingerprint density at radius 2 is 1.80 bits per heavy atom. The van der Waals surface area contributed by atoms with Gasteiger partial charge in [-0.3, -0.25) is 4.79 Å².